The first-order valence-corrected chi connectivity index (χ1v) is 10.6. The summed E-state index contributed by atoms with van der Waals surface area (Å²) in [6, 6.07) is 9.54. The monoisotopic (exact) mass is 433 g/mol. The summed E-state index contributed by atoms with van der Waals surface area (Å²) in [7, 11) is -3.88. The lowest BCUT2D eigenvalue weighted by atomic mass is 10.0. The summed E-state index contributed by atoms with van der Waals surface area (Å²) >= 11 is 0. The molecule has 4 atom stereocenters. The number of terminal acetylenes is 1. The van der Waals surface area contributed by atoms with Gasteiger partial charge in [-0.1, -0.05) is 24.1 Å². The van der Waals surface area contributed by atoms with Crippen molar-refractivity contribution < 1.29 is 23.1 Å². The lowest BCUT2D eigenvalue weighted by Gasteiger charge is -2.21. The topological polar surface area (TPSA) is 129 Å². The second-order valence-electron chi connectivity index (χ2n) is 6.40. The summed E-state index contributed by atoms with van der Waals surface area (Å²) in [6.07, 6.45) is 6.31. The van der Waals surface area contributed by atoms with E-state index in [-0.39, 0.29) is 13.2 Å². The number of carbonyl (C=O) groups excluding carboxylic acids is 1. The van der Waals surface area contributed by atoms with E-state index in [2.05, 4.69) is 16.0 Å². The van der Waals surface area contributed by atoms with Crippen LogP contribution < -0.4 is 20.9 Å². The van der Waals surface area contributed by atoms with Crippen molar-refractivity contribution in [3.63, 3.8) is 0 Å². The van der Waals surface area contributed by atoms with Gasteiger partial charge in [0.1, 0.15) is 12.0 Å². The molecule has 0 spiro atoms. The van der Waals surface area contributed by atoms with Gasteiger partial charge in [0.25, 0.3) is 5.56 Å². The van der Waals surface area contributed by atoms with Crippen LogP contribution in [0.2, 0.25) is 0 Å². The van der Waals surface area contributed by atoms with Gasteiger partial charge in [-0.05, 0) is 18.6 Å². The molecule has 3 rings (SSSR count). The van der Waals surface area contributed by atoms with Crippen molar-refractivity contribution in [2.24, 2.45) is 5.92 Å². The van der Waals surface area contributed by atoms with Gasteiger partial charge in [-0.15, -0.1) is 6.42 Å². The fraction of sp³-hybridized carbons (Fsp3) is 0.316. The maximum absolute atomic E-state index is 13.0. The quantitative estimate of drug-likeness (QED) is 0.341. The van der Waals surface area contributed by atoms with Crippen LogP contribution in [0.15, 0.2) is 52.2 Å². The Morgan fingerprint density at radius 1 is 1.33 bits per heavy atom. The Morgan fingerprint density at radius 3 is 2.77 bits per heavy atom. The molecule has 0 bridgehead atoms. The van der Waals surface area contributed by atoms with Crippen molar-refractivity contribution in [1.82, 2.24) is 14.6 Å². The number of hydrogen-bond donors (Lipinski definition) is 2. The van der Waals surface area contributed by atoms with Crippen LogP contribution in [0.25, 0.3) is 0 Å². The fourth-order valence-corrected chi connectivity index (χ4v) is 4.22. The van der Waals surface area contributed by atoms with Crippen molar-refractivity contribution in [3.8, 4) is 18.1 Å². The summed E-state index contributed by atoms with van der Waals surface area (Å²) in [4.78, 5) is 36.2. The van der Waals surface area contributed by atoms with Crippen molar-refractivity contribution in [2.45, 2.75) is 18.8 Å². The van der Waals surface area contributed by atoms with Crippen LogP contribution in [0.1, 0.15) is 12.6 Å². The number of H-pyrrole nitrogens is 1. The second-order valence-corrected chi connectivity index (χ2v) is 8.15. The molecule has 11 heteroatoms. The number of para-hydroxylation sites is 1. The molecule has 1 aliphatic heterocycles. The normalized spacial score (nSPS) is 22.7. The molecule has 0 radical (unpaired) electrons. The first-order chi connectivity index (χ1) is 14.4. The van der Waals surface area contributed by atoms with E-state index in [1.165, 1.54) is 16.8 Å². The van der Waals surface area contributed by atoms with E-state index < -0.39 is 37.2 Å². The third-order valence-electron chi connectivity index (χ3n) is 4.30. The maximum atomic E-state index is 13.0. The zero-order chi connectivity index (χ0) is 21.6. The predicted molar refractivity (Wildman–Crippen MR) is 107 cm³/mol. The van der Waals surface area contributed by atoms with Crippen LogP contribution in [0.5, 0.6) is 5.75 Å². The van der Waals surface area contributed by atoms with Crippen LogP contribution in [0, 0.1) is 18.3 Å². The van der Waals surface area contributed by atoms with Gasteiger partial charge in [-0.2, -0.15) is 0 Å². The fourth-order valence-electron chi connectivity index (χ4n) is 2.95. The highest BCUT2D eigenvalue weighted by Gasteiger charge is 2.38. The van der Waals surface area contributed by atoms with Gasteiger partial charge < -0.3 is 14.1 Å². The van der Waals surface area contributed by atoms with Crippen LogP contribution in [0.3, 0.4) is 0 Å². The lowest BCUT2D eigenvalue weighted by Crippen LogP contribution is -2.33. The van der Waals surface area contributed by atoms with E-state index >= 15 is 0 Å². The molecule has 1 aromatic heterocycles. The molecule has 10 nitrogen and oxygen atoms in total. The Morgan fingerprint density at radius 2 is 2.10 bits per heavy atom. The number of nitrogens with zero attached hydrogens (tertiary/aromatic N) is 1. The number of benzene rings is 1. The number of carbonyl (C=O) groups is 1. The van der Waals surface area contributed by atoms with Crippen molar-refractivity contribution in [1.29, 1.82) is 0 Å². The van der Waals surface area contributed by atoms with Crippen LogP contribution in [-0.2, 0) is 18.6 Å². The highest BCUT2D eigenvalue weighted by Crippen LogP contribution is 2.45. The Balaban J connectivity index is 1.70. The molecular weight excluding hydrogens is 413 g/mol. The zero-order valence-corrected chi connectivity index (χ0v) is 16.7. The van der Waals surface area contributed by atoms with E-state index in [1.54, 1.807) is 30.3 Å². The summed E-state index contributed by atoms with van der Waals surface area (Å²) < 4.78 is 30.9. The Labute approximate surface area is 171 Å². The van der Waals surface area contributed by atoms with E-state index in [0.29, 0.717) is 18.5 Å². The van der Waals surface area contributed by atoms with E-state index in [4.69, 9.17) is 20.2 Å². The maximum Gasteiger partial charge on any atom is 0.459 e. The summed E-state index contributed by atoms with van der Waals surface area (Å²) in [6.45, 7) is -0.402. The van der Waals surface area contributed by atoms with Gasteiger partial charge in [0.15, 0.2) is 6.23 Å². The first-order valence-electron chi connectivity index (χ1n) is 9.05. The van der Waals surface area contributed by atoms with Crippen LogP contribution in [0.4, 0.5) is 0 Å². The molecule has 30 heavy (non-hydrogen) atoms. The third kappa shape index (κ3) is 5.34. The standard InChI is InChI=1S/C19H20N3O7P/c1-2-14-12-16(28-18(14)22-10-8-17(24)21-19(22)25)13-27-30(26,20-9-11-23)29-15-6-4-3-5-7-15/h1,3-8,10-11,14,16,18H,9,12-13H2,(H,20,26)(H,21,24,25)/t14?,16?,18-,30?/m1/s1. The molecule has 158 valence electrons. The Hall–Kier alpha value is -2.96. The Bertz CT molecular complexity index is 1080. The van der Waals surface area contributed by atoms with Crippen molar-refractivity contribution in [3.05, 3.63) is 63.4 Å². The molecule has 3 unspecified atom stereocenters. The Kier molecular flexibility index (Phi) is 7.03. The second kappa shape index (κ2) is 9.69. The smallest absolute Gasteiger partial charge is 0.413 e. The number of aromatic nitrogens is 2. The van der Waals surface area contributed by atoms with Crippen molar-refractivity contribution >= 4 is 14.0 Å². The lowest BCUT2D eigenvalue weighted by molar-refractivity contribution is -0.107. The van der Waals surface area contributed by atoms with Gasteiger partial charge in [-0.25, -0.2) is 14.4 Å². The minimum atomic E-state index is -3.88. The molecule has 1 aliphatic rings. The largest absolute Gasteiger partial charge is 0.459 e. The number of nitrogens with one attached hydrogen (secondary N) is 2. The number of aromatic amines is 1. The molecule has 0 saturated carbocycles. The minimum Gasteiger partial charge on any atom is -0.413 e. The molecule has 1 saturated heterocycles. The van der Waals surface area contributed by atoms with Gasteiger partial charge in [0.2, 0.25) is 0 Å². The highest BCUT2D eigenvalue weighted by molar-refractivity contribution is 7.52. The average Bonchev–Trinajstić information content (AvgIpc) is 3.15. The molecular formula is C19H20N3O7P. The number of ether oxygens (including phenoxy) is 1. The molecule has 0 aliphatic carbocycles. The van der Waals surface area contributed by atoms with Crippen molar-refractivity contribution in [2.75, 3.05) is 13.2 Å². The SMILES string of the molecule is C#CC1CC(COP(=O)(NCC=O)Oc2ccccc2)O[C@H]1n1ccc(=O)[nH]c1=O. The number of aldehydes is 1. The van der Waals surface area contributed by atoms with Crippen LogP contribution in [-0.4, -0.2) is 35.1 Å². The molecule has 0 amide bonds. The summed E-state index contributed by atoms with van der Waals surface area (Å²) in [5.41, 5.74) is -1.19. The highest BCUT2D eigenvalue weighted by atomic mass is 31.2. The zero-order valence-electron chi connectivity index (χ0n) is 15.8. The van der Waals surface area contributed by atoms with Gasteiger partial charge >= 0.3 is 13.4 Å². The first kappa shape index (κ1) is 21.7. The summed E-state index contributed by atoms with van der Waals surface area (Å²) in [5.74, 6) is 2.39. The van der Waals surface area contributed by atoms with E-state index in [0.717, 1.165) is 0 Å². The van der Waals surface area contributed by atoms with Crippen LogP contribution >= 0.6 is 7.75 Å². The van der Waals surface area contributed by atoms with Gasteiger partial charge in [0.05, 0.1) is 25.2 Å². The number of rotatable bonds is 9. The molecule has 1 aromatic carbocycles. The minimum absolute atomic E-state index is 0.164. The van der Waals surface area contributed by atoms with E-state index in [9.17, 15) is 18.9 Å². The molecule has 2 aromatic rings. The molecule has 1 fully saturated rings. The predicted octanol–water partition coefficient (Wildman–Crippen LogP) is 1.07. The summed E-state index contributed by atoms with van der Waals surface area (Å²) in [5, 5.41) is 2.45. The average molecular weight is 433 g/mol. The molecule has 2 N–H and O–H groups in total. The number of hydrogen-bond acceptors (Lipinski definition) is 7. The van der Waals surface area contributed by atoms with E-state index in [1.807, 2.05) is 0 Å². The van der Waals surface area contributed by atoms with Gasteiger partial charge in [0, 0.05) is 12.3 Å². The molecule has 2 heterocycles. The third-order valence-corrected chi connectivity index (χ3v) is 5.81. The van der Waals surface area contributed by atoms with Gasteiger partial charge in [-0.3, -0.25) is 18.9 Å².